The predicted octanol–water partition coefficient (Wildman–Crippen LogP) is 0.888. The second-order valence-electron chi connectivity index (χ2n) is 3.89. The maximum Gasteiger partial charge on any atom is 0.276 e. The molecular formula is C11H14N4OS. The zero-order valence-electron chi connectivity index (χ0n) is 9.80. The molecule has 0 radical (unpaired) electrons. The van der Waals surface area contributed by atoms with Crippen LogP contribution in [-0.2, 0) is 11.8 Å². The Morgan fingerprint density at radius 1 is 1.59 bits per heavy atom. The molecule has 1 aliphatic heterocycles. The quantitative estimate of drug-likeness (QED) is 0.639. The van der Waals surface area contributed by atoms with E-state index in [0.717, 1.165) is 12.0 Å². The number of thiocarbonyl (C=S) groups is 1. The Morgan fingerprint density at radius 3 is 2.94 bits per heavy atom. The highest BCUT2D eigenvalue weighted by Crippen LogP contribution is 2.13. The Labute approximate surface area is 105 Å². The number of hydrogen-bond donors (Lipinski definition) is 1. The van der Waals surface area contributed by atoms with Gasteiger partial charge in [0.25, 0.3) is 5.91 Å². The Hall–Kier alpha value is -1.69. The molecule has 2 heterocycles. The van der Waals surface area contributed by atoms with Crippen LogP contribution >= 0.6 is 12.2 Å². The van der Waals surface area contributed by atoms with E-state index in [-0.39, 0.29) is 5.91 Å². The monoisotopic (exact) mass is 250 g/mol. The molecule has 1 aliphatic rings. The summed E-state index contributed by atoms with van der Waals surface area (Å²) in [4.78, 5) is 13.6. The van der Waals surface area contributed by atoms with Gasteiger partial charge in [-0.05, 0) is 24.7 Å². The number of hydrogen-bond acceptors (Lipinski definition) is 3. The summed E-state index contributed by atoms with van der Waals surface area (Å²) in [6, 6.07) is 0. The minimum atomic E-state index is -0.0688. The molecule has 5 nitrogen and oxygen atoms in total. The number of carbonyl (C=O) groups excluding carboxylic acids is 1. The Balaban J connectivity index is 2.21. The van der Waals surface area contributed by atoms with Gasteiger partial charge in [0, 0.05) is 25.4 Å². The molecule has 1 aromatic rings. The van der Waals surface area contributed by atoms with Gasteiger partial charge in [0.1, 0.15) is 5.70 Å². The predicted molar refractivity (Wildman–Crippen MR) is 68.9 cm³/mol. The molecule has 1 fully saturated rings. The number of nitrogens with one attached hydrogen (secondary N) is 1. The van der Waals surface area contributed by atoms with Crippen molar-refractivity contribution in [2.75, 3.05) is 6.54 Å². The number of rotatable bonds is 3. The molecule has 2 rings (SSSR count). The third-order valence-electron chi connectivity index (χ3n) is 2.45. The van der Waals surface area contributed by atoms with Crippen molar-refractivity contribution in [2.45, 2.75) is 13.3 Å². The number of aromatic nitrogens is 2. The summed E-state index contributed by atoms with van der Waals surface area (Å²) < 4.78 is 1.69. The van der Waals surface area contributed by atoms with Crippen LogP contribution in [0, 0.1) is 0 Å². The molecule has 1 amide bonds. The molecule has 0 spiro atoms. The van der Waals surface area contributed by atoms with Crippen LogP contribution in [0.25, 0.3) is 6.08 Å². The molecule has 0 bridgehead atoms. The van der Waals surface area contributed by atoms with Crippen LogP contribution in [0.2, 0.25) is 0 Å². The van der Waals surface area contributed by atoms with Gasteiger partial charge in [0.15, 0.2) is 5.11 Å². The molecule has 1 saturated heterocycles. The maximum atomic E-state index is 12.0. The molecule has 1 aromatic heterocycles. The van der Waals surface area contributed by atoms with Crippen molar-refractivity contribution in [3.8, 4) is 0 Å². The van der Waals surface area contributed by atoms with Crippen molar-refractivity contribution in [3.63, 3.8) is 0 Å². The lowest BCUT2D eigenvalue weighted by atomic mass is 10.3. The minimum absolute atomic E-state index is 0.0688. The second kappa shape index (κ2) is 4.67. The van der Waals surface area contributed by atoms with Gasteiger partial charge in [-0.1, -0.05) is 6.92 Å². The molecule has 0 aliphatic carbocycles. The lowest BCUT2D eigenvalue weighted by Crippen LogP contribution is -2.31. The van der Waals surface area contributed by atoms with E-state index in [4.69, 9.17) is 12.2 Å². The summed E-state index contributed by atoms with van der Waals surface area (Å²) in [6.07, 6.45) is 6.19. The first-order valence-electron chi connectivity index (χ1n) is 5.45. The third-order valence-corrected chi connectivity index (χ3v) is 2.77. The topological polar surface area (TPSA) is 50.2 Å². The highest BCUT2D eigenvalue weighted by molar-refractivity contribution is 7.80. The van der Waals surface area contributed by atoms with Gasteiger partial charge >= 0.3 is 0 Å². The van der Waals surface area contributed by atoms with E-state index >= 15 is 0 Å². The van der Waals surface area contributed by atoms with Gasteiger partial charge in [-0.15, -0.1) is 0 Å². The Kier molecular flexibility index (Phi) is 3.23. The Morgan fingerprint density at radius 2 is 2.35 bits per heavy atom. The van der Waals surface area contributed by atoms with Crippen molar-refractivity contribution in [1.29, 1.82) is 0 Å². The summed E-state index contributed by atoms with van der Waals surface area (Å²) in [5.41, 5.74) is 1.39. The van der Waals surface area contributed by atoms with E-state index in [1.54, 1.807) is 21.9 Å². The van der Waals surface area contributed by atoms with E-state index in [2.05, 4.69) is 10.4 Å². The molecule has 17 heavy (non-hydrogen) atoms. The molecule has 1 N–H and O–H groups in total. The summed E-state index contributed by atoms with van der Waals surface area (Å²) in [6.45, 7) is 2.66. The molecular weight excluding hydrogens is 236 g/mol. The van der Waals surface area contributed by atoms with Crippen LogP contribution in [0.5, 0.6) is 0 Å². The summed E-state index contributed by atoms with van der Waals surface area (Å²) in [5.74, 6) is -0.0688. The molecule has 90 valence electrons. The van der Waals surface area contributed by atoms with Crippen LogP contribution in [0.3, 0.4) is 0 Å². The van der Waals surface area contributed by atoms with E-state index < -0.39 is 0 Å². The normalized spacial score (nSPS) is 18.0. The van der Waals surface area contributed by atoms with Crippen LogP contribution in [-0.4, -0.2) is 32.2 Å². The van der Waals surface area contributed by atoms with Gasteiger partial charge in [-0.2, -0.15) is 5.10 Å². The van der Waals surface area contributed by atoms with Crippen LogP contribution < -0.4 is 5.32 Å². The van der Waals surface area contributed by atoms with Crippen molar-refractivity contribution < 1.29 is 4.79 Å². The fourth-order valence-electron chi connectivity index (χ4n) is 1.68. The van der Waals surface area contributed by atoms with Crippen molar-refractivity contribution in [2.24, 2.45) is 7.05 Å². The lowest BCUT2D eigenvalue weighted by molar-refractivity contribution is -0.122. The number of amides is 1. The molecule has 0 aromatic carbocycles. The molecule has 0 saturated carbocycles. The van der Waals surface area contributed by atoms with E-state index in [1.165, 1.54) is 0 Å². The standard InChI is InChI=1S/C11H14N4OS/c1-3-4-15-10(16)9(13-11(15)17)5-8-6-12-14(2)7-8/h5-7H,3-4H2,1-2H3,(H,13,17)/b9-5+. The average molecular weight is 250 g/mol. The highest BCUT2D eigenvalue weighted by atomic mass is 32.1. The van der Waals surface area contributed by atoms with Crippen LogP contribution in [0.15, 0.2) is 18.1 Å². The molecule has 0 atom stereocenters. The van der Waals surface area contributed by atoms with Crippen molar-refractivity contribution in [3.05, 3.63) is 23.7 Å². The zero-order chi connectivity index (χ0) is 12.4. The first-order valence-corrected chi connectivity index (χ1v) is 5.86. The maximum absolute atomic E-state index is 12.0. The lowest BCUT2D eigenvalue weighted by Gasteiger charge is -2.11. The second-order valence-corrected chi connectivity index (χ2v) is 4.28. The summed E-state index contributed by atoms with van der Waals surface area (Å²) in [5, 5.41) is 7.45. The van der Waals surface area contributed by atoms with Crippen molar-refractivity contribution >= 4 is 29.3 Å². The van der Waals surface area contributed by atoms with Crippen molar-refractivity contribution in [1.82, 2.24) is 20.0 Å². The first kappa shape index (κ1) is 11.8. The minimum Gasteiger partial charge on any atom is -0.328 e. The Bertz CT molecular complexity index is 491. The largest absolute Gasteiger partial charge is 0.328 e. The van der Waals surface area contributed by atoms with E-state index in [0.29, 0.717) is 17.4 Å². The van der Waals surface area contributed by atoms with Gasteiger partial charge in [-0.3, -0.25) is 14.4 Å². The van der Waals surface area contributed by atoms with Crippen LogP contribution in [0.4, 0.5) is 0 Å². The van der Waals surface area contributed by atoms with Crippen LogP contribution in [0.1, 0.15) is 18.9 Å². The van der Waals surface area contributed by atoms with E-state index in [1.807, 2.05) is 20.2 Å². The fourth-order valence-corrected chi connectivity index (χ4v) is 1.96. The first-order chi connectivity index (χ1) is 8.11. The SMILES string of the molecule is CCCN1C(=O)/C(=C\c2cnn(C)c2)NC1=S. The molecule has 6 heteroatoms. The van der Waals surface area contributed by atoms with Gasteiger partial charge < -0.3 is 5.32 Å². The van der Waals surface area contributed by atoms with E-state index in [9.17, 15) is 4.79 Å². The zero-order valence-corrected chi connectivity index (χ0v) is 10.6. The van der Waals surface area contributed by atoms with Gasteiger partial charge in [0.2, 0.25) is 0 Å². The number of carbonyl (C=O) groups is 1. The van der Waals surface area contributed by atoms with Gasteiger partial charge in [0.05, 0.1) is 6.20 Å². The average Bonchev–Trinajstić information content (AvgIpc) is 2.79. The third kappa shape index (κ3) is 2.36. The van der Waals surface area contributed by atoms with Gasteiger partial charge in [-0.25, -0.2) is 0 Å². The smallest absolute Gasteiger partial charge is 0.276 e. The highest BCUT2D eigenvalue weighted by Gasteiger charge is 2.29. The summed E-state index contributed by atoms with van der Waals surface area (Å²) >= 11 is 5.11. The number of aryl methyl sites for hydroxylation is 1. The number of nitrogens with zero attached hydrogens (tertiary/aromatic N) is 3. The molecule has 0 unspecified atom stereocenters. The fraction of sp³-hybridized carbons (Fsp3) is 0.364. The summed E-state index contributed by atoms with van der Waals surface area (Å²) in [7, 11) is 1.83.